The van der Waals surface area contributed by atoms with Gasteiger partial charge in [-0.1, -0.05) is 29.3 Å². The Morgan fingerprint density at radius 2 is 2.00 bits per heavy atom. The van der Waals surface area contributed by atoms with Crippen LogP contribution in [0.1, 0.15) is 18.1 Å². The van der Waals surface area contributed by atoms with E-state index in [2.05, 4.69) is 0 Å². The van der Waals surface area contributed by atoms with Crippen molar-refractivity contribution in [1.82, 2.24) is 4.90 Å². The Hall–Kier alpha value is -2.22. The number of hydrogen-bond acceptors (Lipinski definition) is 5. The lowest BCUT2D eigenvalue weighted by atomic mass is 10.1. The lowest BCUT2D eigenvalue weighted by Gasteiger charge is -2.14. The van der Waals surface area contributed by atoms with Gasteiger partial charge in [0.25, 0.3) is 11.1 Å². The van der Waals surface area contributed by atoms with Crippen molar-refractivity contribution in [3.8, 4) is 11.5 Å². The second-order valence-electron chi connectivity index (χ2n) is 5.75. The van der Waals surface area contributed by atoms with Crippen molar-refractivity contribution in [3.63, 3.8) is 0 Å². The average Bonchev–Trinajstić information content (AvgIpc) is 2.89. The molecule has 0 atom stereocenters. The topological polar surface area (TPSA) is 66.8 Å². The van der Waals surface area contributed by atoms with Crippen LogP contribution >= 0.6 is 35.0 Å². The molecule has 0 unspecified atom stereocenters. The maximum atomic E-state index is 14.0. The van der Waals surface area contributed by atoms with Crippen molar-refractivity contribution in [2.75, 3.05) is 6.61 Å². The van der Waals surface area contributed by atoms with Crippen LogP contribution in [0.15, 0.2) is 35.2 Å². The molecular formula is C19H14Cl2FNO4S. The van der Waals surface area contributed by atoms with Crippen LogP contribution in [-0.2, 0) is 11.3 Å². The fraction of sp³-hybridized carbons (Fsp3) is 0.158. The van der Waals surface area contributed by atoms with E-state index in [0.29, 0.717) is 12.2 Å². The minimum atomic E-state index is -0.595. The van der Waals surface area contributed by atoms with E-state index in [1.165, 1.54) is 36.4 Å². The van der Waals surface area contributed by atoms with Crippen LogP contribution in [0.5, 0.6) is 11.5 Å². The average molecular weight is 442 g/mol. The van der Waals surface area contributed by atoms with Gasteiger partial charge in [0.05, 0.1) is 23.1 Å². The number of carbonyl (C=O) groups excluding carboxylic acids is 2. The Labute approximate surface area is 174 Å². The number of amides is 2. The molecule has 28 heavy (non-hydrogen) atoms. The van der Waals surface area contributed by atoms with Crippen molar-refractivity contribution in [3.05, 3.63) is 62.2 Å². The zero-order valence-electron chi connectivity index (χ0n) is 14.5. The molecule has 1 fully saturated rings. The third kappa shape index (κ3) is 4.11. The molecule has 9 heteroatoms. The van der Waals surface area contributed by atoms with Crippen molar-refractivity contribution < 1.29 is 23.8 Å². The number of imide groups is 1. The van der Waals surface area contributed by atoms with Crippen LogP contribution in [-0.4, -0.2) is 27.8 Å². The number of benzene rings is 2. The first-order valence-corrected chi connectivity index (χ1v) is 9.72. The zero-order chi connectivity index (χ0) is 20.4. The summed E-state index contributed by atoms with van der Waals surface area (Å²) in [5.41, 5.74) is 0.541. The highest BCUT2D eigenvalue weighted by Crippen LogP contribution is 2.38. The van der Waals surface area contributed by atoms with Gasteiger partial charge in [0.1, 0.15) is 5.82 Å². The first-order chi connectivity index (χ1) is 13.3. The molecule has 0 radical (unpaired) electrons. The first kappa shape index (κ1) is 20.5. The molecule has 3 rings (SSSR count). The summed E-state index contributed by atoms with van der Waals surface area (Å²) in [6, 6.07) is 7.10. The summed E-state index contributed by atoms with van der Waals surface area (Å²) < 4.78 is 19.3. The number of hydrogen-bond donors (Lipinski definition) is 1. The van der Waals surface area contributed by atoms with Gasteiger partial charge < -0.3 is 9.84 Å². The minimum absolute atomic E-state index is 0.0505. The summed E-state index contributed by atoms with van der Waals surface area (Å²) in [5.74, 6) is -1.21. The maximum Gasteiger partial charge on any atom is 0.293 e. The fourth-order valence-corrected chi connectivity index (χ4v) is 3.85. The van der Waals surface area contributed by atoms with E-state index in [1.54, 1.807) is 6.92 Å². The van der Waals surface area contributed by atoms with E-state index in [-0.39, 0.29) is 38.6 Å². The molecule has 0 aromatic heterocycles. The Bertz CT molecular complexity index is 976. The van der Waals surface area contributed by atoms with E-state index in [9.17, 15) is 19.1 Å². The number of aromatic hydroxyl groups is 1. The van der Waals surface area contributed by atoms with Gasteiger partial charge in [0, 0.05) is 10.6 Å². The summed E-state index contributed by atoms with van der Waals surface area (Å²) >= 11 is 12.7. The lowest BCUT2D eigenvalue weighted by molar-refractivity contribution is -0.123. The Kier molecular flexibility index (Phi) is 6.17. The van der Waals surface area contributed by atoms with Crippen LogP contribution in [0.3, 0.4) is 0 Å². The third-order valence-corrected chi connectivity index (χ3v) is 5.45. The third-order valence-electron chi connectivity index (χ3n) is 3.90. The summed E-state index contributed by atoms with van der Waals surface area (Å²) in [6.45, 7) is 1.79. The van der Waals surface area contributed by atoms with E-state index < -0.39 is 17.0 Å². The van der Waals surface area contributed by atoms with E-state index in [4.69, 9.17) is 27.9 Å². The Balaban J connectivity index is 1.89. The maximum absolute atomic E-state index is 14.0. The van der Waals surface area contributed by atoms with Crippen LogP contribution in [0, 0.1) is 5.82 Å². The van der Waals surface area contributed by atoms with Crippen molar-refractivity contribution >= 4 is 52.2 Å². The van der Waals surface area contributed by atoms with E-state index in [0.717, 1.165) is 16.7 Å². The van der Waals surface area contributed by atoms with Crippen LogP contribution in [0.25, 0.3) is 6.08 Å². The highest BCUT2D eigenvalue weighted by molar-refractivity contribution is 8.18. The minimum Gasteiger partial charge on any atom is -0.503 e. The summed E-state index contributed by atoms with van der Waals surface area (Å²) in [6.07, 6.45) is 1.46. The number of rotatable bonds is 5. The zero-order valence-corrected chi connectivity index (χ0v) is 16.9. The van der Waals surface area contributed by atoms with Crippen molar-refractivity contribution in [2.24, 2.45) is 0 Å². The van der Waals surface area contributed by atoms with Crippen LogP contribution in [0.2, 0.25) is 10.0 Å². The second-order valence-corrected chi connectivity index (χ2v) is 7.56. The van der Waals surface area contributed by atoms with E-state index in [1.807, 2.05) is 0 Å². The summed E-state index contributed by atoms with van der Waals surface area (Å²) in [5, 5.41) is 9.55. The number of phenolic OH excluding ortho intramolecular Hbond substituents is 1. The molecule has 1 aliphatic heterocycles. The highest BCUT2D eigenvalue weighted by Gasteiger charge is 2.36. The molecule has 2 aromatic rings. The smallest absolute Gasteiger partial charge is 0.293 e. The summed E-state index contributed by atoms with van der Waals surface area (Å²) in [7, 11) is 0. The first-order valence-electron chi connectivity index (χ1n) is 8.15. The van der Waals surface area contributed by atoms with Gasteiger partial charge in [0.2, 0.25) is 0 Å². The van der Waals surface area contributed by atoms with Gasteiger partial charge >= 0.3 is 0 Å². The quantitative estimate of drug-likeness (QED) is 0.622. The molecular weight excluding hydrogens is 428 g/mol. The predicted molar refractivity (Wildman–Crippen MR) is 107 cm³/mol. The molecule has 146 valence electrons. The number of carbonyl (C=O) groups is 2. The van der Waals surface area contributed by atoms with Gasteiger partial charge in [-0.25, -0.2) is 4.39 Å². The predicted octanol–water partition coefficient (Wildman–Crippen LogP) is 5.47. The standard InChI is InChI=1S/C19H14Cl2FNO4S/c1-2-27-15-7-10(6-13(21)17(15)24)8-16-18(25)23(19(26)28-16)9-11-12(20)4-3-5-14(11)22/h3-8,24H,2,9H2,1H3/b16-8-. The molecule has 5 nitrogen and oxygen atoms in total. The molecule has 1 N–H and O–H groups in total. The van der Waals surface area contributed by atoms with Crippen molar-refractivity contribution in [2.45, 2.75) is 13.5 Å². The fourth-order valence-electron chi connectivity index (χ4n) is 2.57. The Morgan fingerprint density at radius 1 is 1.25 bits per heavy atom. The number of ether oxygens (including phenoxy) is 1. The van der Waals surface area contributed by atoms with E-state index >= 15 is 0 Å². The van der Waals surface area contributed by atoms with Gasteiger partial charge in [-0.3, -0.25) is 14.5 Å². The largest absolute Gasteiger partial charge is 0.503 e. The van der Waals surface area contributed by atoms with Crippen molar-refractivity contribution in [1.29, 1.82) is 0 Å². The van der Waals surface area contributed by atoms with Crippen LogP contribution in [0.4, 0.5) is 9.18 Å². The van der Waals surface area contributed by atoms with Gasteiger partial charge in [0.15, 0.2) is 11.5 Å². The molecule has 1 aliphatic rings. The number of thioether (sulfide) groups is 1. The molecule has 2 aromatic carbocycles. The Morgan fingerprint density at radius 3 is 2.68 bits per heavy atom. The molecule has 0 spiro atoms. The number of nitrogens with zero attached hydrogens (tertiary/aromatic N) is 1. The second kappa shape index (κ2) is 8.43. The summed E-state index contributed by atoms with van der Waals surface area (Å²) in [4.78, 5) is 26.0. The SMILES string of the molecule is CCOc1cc(/C=C2\SC(=O)N(Cc3c(F)cccc3Cl)C2=O)cc(Cl)c1O. The molecule has 0 bridgehead atoms. The lowest BCUT2D eigenvalue weighted by Crippen LogP contribution is -2.28. The molecule has 0 aliphatic carbocycles. The van der Waals surface area contributed by atoms with Gasteiger partial charge in [-0.2, -0.15) is 0 Å². The molecule has 2 amide bonds. The van der Waals surface area contributed by atoms with Crippen LogP contribution < -0.4 is 4.74 Å². The molecule has 0 saturated carbocycles. The number of halogens is 3. The normalized spacial score (nSPS) is 15.6. The highest BCUT2D eigenvalue weighted by atomic mass is 35.5. The number of phenols is 1. The molecule has 1 saturated heterocycles. The molecule has 1 heterocycles. The van der Waals surface area contributed by atoms with Gasteiger partial charge in [-0.05, 0) is 54.6 Å². The van der Waals surface area contributed by atoms with Gasteiger partial charge in [-0.15, -0.1) is 0 Å². The monoisotopic (exact) mass is 441 g/mol.